The van der Waals surface area contributed by atoms with Crippen LogP contribution in [0.15, 0.2) is 84.9 Å². The molecule has 0 spiro atoms. The molecule has 1 aliphatic rings. The average Bonchev–Trinajstić information content (AvgIpc) is 2.84. The number of benzene rings is 3. The molecule has 0 saturated carbocycles. The summed E-state index contributed by atoms with van der Waals surface area (Å²) < 4.78 is 39.3. The molecule has 0 unspecified atom stereocenters. The van der Waals surface area contributed by atoms with Crippen molar-refractivity contribution in [2.45, 2.75) is 38.1 Å². The fourth-order valence-corrected chi connectivity index (χ4v) is 4.35. The lowest BCUT2D eigenvalue weighted by atomic mass is 10.0. The number of urea groups is 1. The highest BCUT2D eigenvalue weighted by Crippen LogP contribution is 2.31. The Morgan fingerprint density at radius 3 is 2.12 bits per heavy atom. The number of hydrogen-bond acceptors (Lipinski definition) is 2. The number of piperidine rings is 1. The van der Waals surface area contributed by atoms with E-state index in [4.69, 9.17) is 0 Å². The maximum atomic E-state index is 13.3. The van der Waals surface area contributed by atoms with Gasteiger partial charge in [0.2, 0.25) is 0 Å². The molecule has 0 radical (unpaired) electrons. The summed E-state index contributed by atoms with van der Waals surface area (Å²) in [6.07, 6.45) is -2.86. The van der Waals surface area contributed by atoms with Gasteiger partial charge in [-0.15, -0.1) is 0 Å². The first-order valence-corrected chi connectivity index (χ1v) is 11.4. The first kappa shape index (κ1) is 23.8. The second-order valence-electron chi connectivity index (χ2n) is 8.62. The lowest BCUT2D eigenvalue weighted by molar-refractivity contribution is -0.137. The van der Waals surface area contributed by atoms with Gasteiger partial charge in [0.25, 0.3) is 0 Å². The van der Waals surface area contributed by atoms with Gasteiger partial charge in [-0.25, -0.2) is 4.79 Å². The SMILES string of the molecule is O=C(Nc1cccc(C(F)(F)F)c1)N(Cc1ccccc1)C1CCN(Cc2ccccc2)CC1. The van der Waals surface area contributed by atoms with E-state index in [-0.39, 0.29) is 17.8 Å². The first-order valence-electron chi connectivity index (χ1n) is 11.4. The van der Waals surface area contributed by atoms with Crippen LogP contribution in [0.3, 0.4) is 0 Å². The molecular formula is C27H28F3N3O. The van der Waals surface area contributed by atoms with Crippen LogP contribution in [-0.2, 0) is 19.3 Å². The minimum atomic E-state index is -4.46. The number of amides is 2. The van der Waals surface area contributed by atoms with Crippen LogP contribution in [0, 0.1) is 0 Å². The van der Waals surface area contributed by atoms with Gasteiger partial charge < -0.3 is 10.2 Å². The van der Waals surface area contributed by atoms with E-state index in [0.29, 0.717) is 6.54 Å². The average molecular weight is 468 g/mol. The van der Waals surface area contributed by atoms with Crippen molar-refractivity contribution in [3.05, 3.63) is 102 Å². The van der Waals surface area contributed by atoms with Gasteiger partial charge >= 0.3 is 12.2 Å². The molecule has 34 heavy (non-hydrogen) atoms. The number of nitrogens with one attached hydrogen (secondary N) is 1. The Kier molecular flexibility index (Phi) is 7.53. The number of alkyl halides is 3. The van der Waals surface area contributed by atoms with Gasteiger partial charge in [-0.1, -0.05) is 66.7 Å². The summed E-state index contributed by atoms with van der Waals surface area (Å²) in [5.74, 6) is 0. The monoisotopic (exact) mass is 467 g/mol. The molecule has 1 N–H and O–H groups in total. The lowest BCUT2D eigenvalue weighted by Gasteiger charge is -2.38. The molecule has 2 amide bonds. The number of halogens is 3. The highest BCUT2D eigenvalue weighted by Gasteiger charge is 2.31. The largest absolute Gasteiger partial charge is 0.416 e. The second kappa shape index (κ2) is 10.7. The molecule has 0 aliphatic carbocycles. The zero-order chi connectivity index (χ0) is 24.0. The minimum absolute atomic E-state index is 0.00183. The van der Waals surface area contributed by atoms with Crippen LogP contribution in [0.1, 0.15) is 29.5 Å². The molecule has 178 valence electrons. The van der Waals surface area contributed by atoms with E-state index in [1.807, 2.05) is 48.5 Å². The number of nitrogens with zero attached hydrogens (tertiary/aromatic N) is 2. The zero-order valence-corrected chi connectivity index (χ0v) is 18.8. The van der Waals surface area contributed by atoms with Crippen LogP contribution in [0.5, 0.6) is 0 Å². The summed E-state index contributed by atoms with van der Waals surface area (Å²) in [6.45, 7) is 2.96. The third-order valence-electron chi connectivity index (χ3n) is 6.14. The summed E-state index contributed by atoms with van der Waals surface area (Å²) in [5, 5.41) is 2.70. The molecule has 0 aromatic heterocycles. The predicted molar refractivity (Wildman–Crippen MR) is 127 cm³/mol. The van der Waals surface area contributed by atoms with E-state index in [1.54, 1.807) is 4.90 Å². The van der Waals surface area contributed by atoms with Gasteiger partial charge in [-0.2, -0.15) is 13.2 Å². The van der Waals surface area contributed by atoms with E-state index in [2.05, 4.69) is 22.3 Å². The van der Waals surface area contributed by atoms with Crippen molar-refractivity contribution in [2.75, 3.05) is 18.4 Å². The molecule has 1 heterocycles. The van der Waals surface area contributed by atoms with Gasteiger partial charge in [-0.05, 0) is 42.2 Å². The fourth-order valence-electron chi connectivity index (χ4n) is 4.35. The maximum Gasteiger partial charge on any atom is 0.416 e. The van der Waals surface area contributed by atoms with Crippen LogP contribution < -0.4 is 5.32 Å². The van der Waals surface area contributed by atoms with E-state index >= 15 is 0 Å². The summed E-state index contributed by atoms with van der Waals surface area (Å²) in [7, 11) is 0. The third-order valence-corrected chi connectivity index (χ3v) is 6.14. The van der Waals surface area contributed by atoms with Crippen molar-refractivity contribution in [3.63, 3.8) is 0 Å². The first-order chi connectivity index (χ1) is 16.4. The van der Waals surface area contributed by atoms with Crippen LogP contribution >= 0.6 is 0 Å². The molecule has 1 saturated heterocycles. The Hall–Kier alpha value is -3.32. The van der Waals surface area contributed by atoms with E-state index < -0.39 is 11.7 Å². The minimum Gasteiger partial charge on any atom is -0.317 e. The third kappa shape index (κ3) is 6.38. The summed E-state index contributed by atoms with van der Waals surface area (Å²) in [5.41, 5.74) is 1.59. The number of likely N-dealkylation sites (tertiary alicyclic amines) is 1. The number of carbonyl (C=O) groups is 1. The zero-order valence-electron chi connectivity index (χ0n) is 18.8. The molecule has 3 aromatic carbocycles. The van der Waals surface area contributed by atoms with Gasteiger partial charge in [0.15, 0.2) is 0 Å². The fraction of sp³-hybridized carbons (Fsp3) is 0.296. The van der Waals surface area contributed by atoms with Crippen molar-refractivity contribution in [2.24, 2.45) is 0 Å². The van der Waals surface area contributed by atoms with E-state index in [1.165, 1.54) is 17.7 Å². The quantitative estimate of drug-likeness (QED) is 0.455. The molecule has 4 rings (SSSR count). The second-order valence-corrected chi connectivity index (χ2v) is 8.62. The highest BCUT2D eigenvalue weighted by molar-refractivity contribution is 5.89. The molecule has 4 nitrogen and oxygen atoms in total. The lowest BCUT2D eigenvalue weighted by Crippen LogP contribution is -2.48. The number of carbonyl (C=O) groups excluding carboxylic acids is 1. The summed E-state index contributed by atoms with van der Waals surface area (Å²) in [6, 6.07) is 24.3. The molecule has 3 aromatic rings. The molecule has 7 heteroatoms. The van der Waals surface area contributed by atoms with Crippen LogP contribution in [0.25, 0.3) is 0 Å². The van der Waals surface area contributed by atoms with Gasteiger partial charge in [-0.3, -0.25) is 4.90 Å². The highest BCUT2D eigenvalue weighted by atomic mass is 19.4. The predicted octanol–water partition coefficient (Wildman–Crippen LogP) is 6.40. The Labute approximate surface area is 198 Å². The van der Waals surface area contributed by atoms with Crippen LogP contribution in [0.2, 0.25) is 0 Å². The standard InChI is InChI=1S/C27H28F3N3O/c28-27(29,30)23-12-7-13-24(18-23)31-26(34)33(20-22-10-5-2-6-11-22)25-14-16-32(17-15-25)19-21-8-3-1-4-9-21/h1-13,18,25H,14-17,19-20H2,(H,31,34). The number of rotatable bonds is 6. The normalized spacial score (nSPS) is 15.1. The van der Waals surface area contributed by atoms with Gasteiger partial charge in [0.05, 0.1) is 5.56 Å². The topological polar surface area (TPSA) is 35.6 Å². The molecule has 0 bridgehead atoms. The Bertz CT molecular complexity index is 1070. The maximum absolute atomic E-state index is 13.3. The van der Waals surface area contributed by atoms with Crippen molar-refractivity contribution in [1.29, 1.82) is 0 Å². The van der Waals surface area contributed by atoms with E-state index in [0.717, 1.165) is 50.2 Å². The number of anilines is 1. The summed E-state index contributed by atoms with van der Waals surface area (Å²) >= 11 is 0. The molecule has 1 fully saturated rings. The van der Waals surface area contributed by atoms with Crippen molar-refractivity contribution >= 4 is 11.7 Å². The Balaban J connectivity index is 1.46. The van der Waals surface area contributed by atoms with Crippen molar-refractivity contribution in [3.8, 4) is 0 Å². The van der Waals surface area contributed by atoms with E-state index in [9.17, 15) is 18.0 Å². The number of hydrogen-bond donors (Lipinski definition) is 1. The van der Waals surface area contributed by atoms with Gasteiger partial charge in [0, 0.05) is 37.9 Å². The van der Waals surface area contributed by atoms with Crippen LogP contribution in [-0.4, -0.2) is 35.0 Å². The smallest absolute Gasteiger partial charge is 0.317 e. The van der Waals surface area contributed by atoms with Crippen molar-refractivity contribution in [1.82, 2.24) is 9.80 Å². The molecule has 0 atom stereocenters. The Morgan fingerprint density at radius 2 is 1.50 bits per heavy atom. The summed E-state index contributed by atoms with van der Waals surface area (Å²) in [4.78, 5) is 17.4. The molecule has 1 aliphatic heterocycles. The van der Waals surface area contributed by atoms with Gasteiger partial charge in [0.1, 0.15) is 0 Å². The molecular weight excluding hydrogens is 439 g/mol. The Morgan fingerprint density at radius 1 is 0.882 bits per heavy atom. The van der Waals surface area contributed by atoms with Crippen molar-refractivity contribution < 1.29 is 18.0 Å². The van der Waals surface area contributed by atoms with Crippen LogP contribution in [0.4, 0.5) is 23.7 Å².